The van der Waals surface area contributed by atoms with Gasteiger partial charge in [-0.1, -0.05) is 28.1 Å². The van der Waals surface area contributed by atoms with E-state index in [4.69, 9.17) is 0 Å². The zero-order valence-corrected chi connectivity index (χ0v) is 13.8. The van der Waals surface area contributed by atoms with Crippen molar-refractivity contribution in [2.45, 2.75) is 13.0 Å². The molecule has 2 aromatic carbocycles. The topological polar surface area (TPSA) is 29.1 Å². The summed E-state index contributed by atoms with van der Waals surface area (Å²) in [6.45, 7) is 1.90. The van der Waals surface area contributed by atoms with Gasteiger partial charge in [-0.25, -0.2) is 4.39 Å². The molecule has 0 saturated carbocycles. The fourth-order valence-electron chi connectivity index (χ4n) is 1.78. The highest BCUT2D eigenvalue weighted by atomic mass is 79.9. The Bertz CT molecular complexity index is 628. The van der Waals surface area contributed by atoms with E-state index in [9.17, 15) is 9.18 Å². The van der Waals surface area contributed by atoms with Gasteiger partial charge in [0.15, 0.2) is 0 Å². The summed E-state index contributed by atoms with van der Waals surface area (Å²) in [6, 6.07) is 11.6. The van der Waals surface area contributed by atoms with E-state index < -0.39 is 0 Å². The second-order valence-electron chi connectivity index (χ2n) is 4.37. The lowest BCUT2D eigenvalue weighted by Gasteiger charge is -2.15. The number of hydrogen-bond donors (Lipinski definition) is 1. The van der Waals surface area contributed by atoms with Crippen molar-refractivity contribution in [3.05, 3.63) is 68.4 Å². The number of benzene rings is 2. The highest BCUT2D eigenvalue weighted by Gasteiger charge is 2.14. The molecule has 5 heteroatoms. The van der Waals surface area contributed by atoms with Crippen molar-refractivity contribution < 1.29 is 9.18 Å². The fraction of sp³-hybridized carbons (Fsp3) is 0.133. The van der Waals surface area contributed by atoms with E-state index >= 15 is 0 Å². The van der Waals surface area contributed by atoms with Crippen LogP contribution < -0.4 is 5.32 Å². The second-order valence-corrected chi connectivity index (χ2v) is 6.14. The third-order valence-corrected chi connectivity index (χ3v) is 4.08. The van der Waals surface area contributed by atoms with E-state index in [2.05, 4.69) is 37.2 Å². The van der Waals surface area contributed by atoms with E-state index in [-0.39, 0.29) is 17.8 Å². The van der Waals surface area contributed by atoms with Gasteiger partial charge in [0.05, 0.1) is 11.6 Å². The monoisotopic (exact) mass is 399 g/mol. The fourth-order valence-corrected chi connectivity index (χ4v) is 2.58. The van der Waals surface area contributed by atoms with Crippen LogP contribution in [0.4, 0.5) is 4.39 Å². The van der Waals surface area contributed by atoms with Crippen LogP contribution in [0.15, 0.2) is 51.4 Å². The number of rotatable bonds is 3. The van der Waals surface area contributed by atoms with E-state index in [1.807, 2.05) is 31.2 Å². The minimum atomic E-state index is -0.380. The van der Waals surface area contributed by atoms with Gasteiger partial charge in [0.1, 0.15) is 5.82 Å². The summed E-state index contributed by atoms with van der Waals surface area (Å²) in [7, 11) is 0. The first kappa shape index (κ1) is 15.2. The van der Waals surface area contributed by atoms with Crippen molar-refractivity contribution in [1.82, 2.24) is 5.32 Å². The molecule has 0 unspecified atom stereocenters. The maximum Gasteiger partial charge on any atom is 0.252 e. The minimum absolute atomic E-state index is 0.132. The van der Waals surface area contributed by atoms with Gasteiger partial charge in [0.25, 0.3) is 5.91 Å². The Morgan fingerprint density at radius 3 is 2.40 bits per heavy atom. The van der Waals surface area contributed by atoms with Gasteiger partial charge < -0.3 is 5.32 Å². The number of nitrogens with one attached hydrogen (secondary N) is 1. The Balaban J connectivity index is 2.13. The summed E-state index contributed by atoms with van der Waals surface area (Å²) in [6.07, 6.45) is 0. The first-order valence-corrected chi connectivity index (χ1v) is 7.57. The summed E-state index contributed by atoms with van der Waals surface area (Å²) in [4.78, 5) is 12.2. The van der Waals surface area contributed by atoms with Gasteiger partial charge in [-0.15, -0.1) is 0 Å². The lowest BCUT2D eigenvalue weighted by molar-refractivity contribution is 0.0939. The largest absolute Gasteiger partial charge is 0.345 e. The summed E-state index contributed by atoms with van der Waals surface area (Å²) in [5.74, 6) is -0.623. The van der Waals surface area contributed by atoms with Gasteiger partial charge in [0, 0.05) is 8.95 Å². The molecule has 1 atom stereocenters. The van der Waals surface area contributed by atoms with Crippen LogP contribution >= 0.6 is 31.9 Å². The normalized spacial score (nSPS) is 12.0. The van der Waals surface area contributed by atoms with Crippen molar-refractivity contribution in [2.24, 2.45) is 0 Å². The van der Waals surface area contributed by atoms with Crippen LogP contribution in [-0.4, -0.2) is 5.91 Å². The van der Waals surface area contributed by atoms with Crippen LogP contribution in [0, 0.1) is 5.82 Å². The van der Waals surface area contributed by atoms with Gasteiger partial charge in [0.2, 0.25) is 0 Å². The molecule has 0 saturated heterocycles. The molecule has 0 aliphatic carbocycles. The summed E-state index contributed by atoms with van der Waals surface area (Å²) >= 11 is 6.57. The second kappa shape index (κ2) is 6.50. The summed E-state index contributed by atoms with van der Waals surface area (Å²) in [5.41, 5.74) is 1.41. The Hall–Kier alpha value is -1.20. The predicted molar refractivity (Wildman–Crippen MR) is 84.1 cm³/mol. The van der Waals surface area contributed by atoms with Crippen LogP contribution in [0.3, 0.4) is 0 Å². The maximum atomic E-state index is 13.0. The standard InChI is InChI=1S/C15H12Br2FNO/c1-9(10-2-4-11(16)5-3-10)19-15(20)13-7-6-12(18)8-14(13)17/h2-9H,1H3,(H,19,20)/t9-/m0/s1. The lowest BCUT2D eigenvalue weighted by atomic mass is 10.1. The Labute approximate surface area is 133 Å². The Morgan fingerprint density at radius 1 is 1.15 bits per heavy atom. The molecular weight excluding hydrogens is 389 g/mol. The SMILES string of the molecule is C[C@H](NC(=O)c1ccc(F)cc1Br)c1ccc(Br)cc1. The average Bonchev–Trinajstić information content (AvgIpc) is 2.39. The smallest absolute Gasteiger partial charge is 0.252 e. The zero-order chi connectivity index (χ0) is 14.7. The number of halogens is 3. The summed E-state index contributed by atoms with van der Waals surface area (Å²) in [5, 5.41) is 2.89. The first-order valence-electron chi connectivity index (χ1n) is 5.99. The maximum absolute atomic E-state index is 13.0. The van der Waals surface area contributed by atoms with Crippen LogP contribution in [-0.2, 0) is 0 Å². The predicted octanol–water partition coefficient (Wildman–Crippen LogP) is 4.84. The van der Waals surface area contributed by atoms with Crippen LogP contribution in [0.2, 0.25) is 0 Å². The molecule has 1 amide bonds. The van der Waals surface area contributed by atoms with Gasteiger partial charge in [-0.05, 0) is 58.7 Å². The van der Waals surface area contributed by atoms with Crippen LogP contribution in [0.5, 0.6) is 0 Å². The molecule has 1 N–H and O–H groups in total. The number of hydrogen-bond acceptors (Lipinski definition) is 1. The van der Waals surface area contributed by atoms with E-state index in [0.29, 0.717) is 10.0 Å². The van der Waals surface area contributed by atoms with Gasteiger partial charge in [-0.3, -0.25) is 4.79 Å². The van der Waals surface area contributed by atoms with Gasteiger partial charge in [-0.2, -0.15) is 0 Å². The van der Waals surface area contributed by atoms with Crippen LogP contribution in [0.25, 0.3) is 0 Å². The highest BCUT2D eigenvalue weighted by Crippen LogP contribution is 2.20. The molecule has 2 nitrogen and oxygen atoms in total. The molecule has 0 aliphatic heterocycles. The molecule has 104 valence electrons. The highest BCUT2D eigenvalue weighted by molar-refractivity contribution is 9.10. The molecule has 0 bridgehead atoms. The molecule has 0 fully saturated rings. The molecule has 2 rings (SSSR count). The quantitative estimate of drug-likeness (QED) is 0.784. The van der Waals surface area contributed by atoms with Crippen molar-refractivity contribution in [3.63, 3.8) is 0 Å². The molecule has 0 aliphatic rings. The molecule has 0 aromatic heterocycles. The number of amides is 1. The number of carbonyl (C=O) groups is 1. The summed E-state index contributed by atoms with van der Waals surface area (Å²) < 4.78 is 14.4. The molecule has 0 heterocycles. The Morgan fingerprint density at radius 2 is 1.80 bits per heavy atom. The van der Waals surface area contributed by atoms with E-state index in [1.54, 1.807) is 0 Å². The van der Waals surface area contributed by atoms with E-state index in [0.717, 1.165) is 10.0 Å². The third-order valence-electron chi connectivity index (χ3n) is 2.89. The molecule has 0 radical (unpaired) electrons. The zero-order valence-electron chi connectivity index (χ0n) is 10.7. The van der Waals surface area contributed by atoms with E-state index in [1.165, 1.54) is 18.2 Å². The average molecular weight is 401 g/mol. The van der Waals surface area contributed by atoms with Gasteiger partial charge >= 0.3 is 0 Å². The molecule has 2 aromatic rings. The first-order chi connectivity index (χ1) is 9.47. The van der Waals surface area contributed by atoms with Crippen molar-refractivity contribution in [1.29, 1.82) is 0 Å². The molecular formula is C15H12Br2FNO. The minimum Gasteiger partial charge on any atom is -0.345 e. The molecule has 0 spiro atoms. The third kappa shape index (κ3) is 3.67. The molecule has 20 heavy (non-hydrogen) atoms. The van der Waals surface area contributed by atoms with Crippen molar-refractivity contribution in [2.75, 3.05) is 0 Å². The Kier molecular flexibility index (Phi) is 4.94. The van der Waals surface area contributed by atoms with Crippen molar-refractivity contribution in [3.8, 4) is 0 Å². The van der Waals surface area contributed by atoms with Crippen LogP contribution in [0.1, 0.15) is 28.9 Å². The van der Waals surface area contributed by atoms with Crippen molar-refractivity contribution >= 4 is 37.8 Å². The lowest BCUT2D eigenvalue weighted by Crippen LogP contribution is -2.26. The number of carbonyl (C=O) groups excluding carboxylic acids is 1.